The normalized spacial score (nSPS) is 10.7. The Morgan fingerprint density at radius 3 is 2.67 bits per heavy atom. The van der Waals surface area contributed by atoms with Crippen molar-refractivity contribution in [1.82, 2.24) is 4.90 Å². The average molecular weight is 206 g/mol. The highest BCUT2D eigenvalue weighted by molar-refractivity contribution is 5.33. The van der Waals surface area contributed by atoms with Gasteiger partial charge >= 0.3 is 0 Å². The molecular formula is C12H15FN2. The molecule has 2 nitrogen and oxygen atoms in total. The molecule has 0 amide bonds. The summed E-state index contributed by atoms with van der Waals surface area (Å²) in [6.45, 7) is 4.62. The molecule has 0 aliphatic rings. The quantitative estimate of drug-likeness (QED) is 0.760. The second kappa shape index (κ2) is 4.90. The van der Waals surface area contributed by atoms with Crippen LogP contribution in [0.1, 0.15) is 25.0 Å². The third kappa shape index (κ3) is 3.03. The summed E-state index contributed by atoms with van der Waals surface area (Å²) in [4.78, 5) is 2.03. The molecule has 0 bridgehead atoms. The van der Waals surface area contributed by atoms with Crippen LogP contribution in [0.4, 0.5) is 4.39 Å². The number of halogens is 1. The van der Waals surface area contributed by atoms with Crippen molar-refractivity contribution in [3.8, 4) is 6.07 Å². The van der Waals surface area contributed by atoms with Crippen LogP contribution in [0, 0.1) is 17.1 Å². The van der Waals surface area contributed by atoms with Gasteiger partial charge in [0.25, 0.3) is 0 Å². The molecule has 0 radical (unpaired) electrons. The summed E-state index contributed by atoms with van der Waals surface area (Å²) in [6, 6.07) is 6.82. The number of benzene rings is 1. The summed E-state index contributed by atoms with van der Waals surface area (Å²) >= 11 is 0. The summed E-state index contributed by atoms with van der Waals surface area (Å²) in [5, 5.41) is 8.71. The molecule has 0 aliphatic carbocycles. The minimum Gasteiger partial charge on any atom is -0.300 e. The fourth-order valence-electron chi connectivity index (χ4n) is 1.22. The van der Waals surface area contributed by atoms with E-state index in [0.717, 1.165) is 0 Å². The molecule has 15 heavy (non-hydrogen) atoms. The van der Waals surface area contributed by atoms with Crippen molar-refractivity contribution in [3.05, 3.63) is 35.1 Å². The molecule has 0 saturated heterocycles. The smallest absolute Gasteiger partial charge is 0.127 e. The first-order chi connectivity index (χ1) is 7.04. The molecule has 1 aromatic carbocycles. The summed E-state index contributed by atoms with van der Waals surface area (Å²) in [7, 11) is 1.93. The summed E-state index contributed by atoms with van der Waals surface area (Å²) < 4.78 is 13.4. The van der Waals surface area contributed by atoms with Gasteiger partial charge in [-0.3, -0.25) is 4.90 Å². The summed E-state index contributed by atoms with van der Waals surface area (Å²) in [5.41, 5.74) is 1.08. The monoisotopic (exact) mass is 206 g/mol. The zero-order valence-corrected chi connectivity index (χ0v) is 9.29. The van der Waals surface area contributed by atoms with E-state index in [1.807, 2.05) is 31.9 Å². The van der Waals surface area contributed by atoms with Gasteiger partial charge in [0.05, 0.1) is 11.6 Å². The fraction of sp³-hybridized carbons (Fsp3) is 0.417. The number of hydrogen-bond acceptors (Lipinski definition) is 2. The molecule has 0 atom stereocenters. The Balaban J connectivity index is 2.89. The van der Waals surface area contributed by atoms with Crippen molar-refractivity contribution in [2.45, 2.75) is 26.4 Å². The molecule has 1 rings (SSSR count). The largest absolute Gasteiger partial charge is 0.300 e. The second-order valence-corrected chi connectivity index (χ2v) is 3.93. The molecular weight excluding hydrogens is 191 g/mol. The van der Waals surface area contributed by atoms with Gasteiger partial charge in [-0.2, -0.15) is 5.26 Å². The Morgan fingerprint density at radius 1 is 1.47 bits per heavy atom. The molecule has 0 aliphatic heterocycles. The first-order valence-electron chi connectivity index (χ1n) is 4.93. The van der Waals surface area contributed by atoms with Gasteiger partial charge < -0.3 is 0 Å². The van der Waals surface area contributed by atoms with E-state index in [1.165, 1.54) is 12.1 Å². The van der Waals surface area contributed by atoms with Gasteiger partial charge in [-0.1, -0.05) is 0 Å². The number of hydrogen-bond donors (Lipinski definition) is 0. The fourth-order valence-corrected chi connectivity index (χ4v) is 1.22. The maximum atomic E-state index is 13.4. The van der Waals surface area contributed by atoms with E-state index in [2.05, 4.69) is 0 Å². The second-order valence-electron chi connectivity index (χ2n) is 3.93. The van der Waals surface area contributed by atoms with Gasteiger partial charge in [0, 0.05) is 18.2 Å². The van der Waals surface area contributed by atoms with Crippen LogP contribution in [0.5, 0.6) is 0 Å². The summed E-state index contributed by atoms with van der Waals surface area (Å²) in [6.07, 6.45) is 0. The van der Waals surface area contributed by atoms with Gasteiger partial charge in [0.1, 0.15) is 5.82 Å². The zero-order chi connectivity index (χ0) is 11.4. The maximum Gasteiger partial charge on any atom is 0.127 e. The van der Waals surface area contributed by atoms with E-state index >= 15 is 0 Å². The third-order valence-electron chi connectivity index (χ3n) is 2.48. The van der Waals surface area contributed by atoms with Crippen LogP contribution in [0.2, 0.25) is 0 Å². The predicted molar refractivity (Wildman–Crippen MR) is 57.7 cm³/mol. The van der Waals surface area contributed by atoms with Gasteiger partial charge in [0.15, 0.2) is 0 Å². The lowest BCUT2D eigenvalue weighted by Crippen LogP contribution is -2.26. The van der Waals surface area contributed by atoms with Crippen LogP contribution < -0.4 is 0 Å². The lowest BCUT2D eigenvalue weighted by atomic mass is 10.1. The van der Waals surface area contributed by atoms with Crippen molar-refractivity contribution >= 4 is 0 Å². The highest BCUT2D eigenvalue weighted by atomic mass is 19.1. The van der Waals surface area contributed by atoms with E-state index in [1.54, 1.807) is 6.07 Å². The lowest BCUT2D eigenvalue weighted by Gasteiger charge is -2.21. The number of rotatable bonds is 3. The van der Waals surface area contributed by atoms with Gasteiger partial charge in [-0.05, 0) is 39.1 Å². The molecule has 0 N–H and O–H groups in total. The lowest BCUT2D eigenvalue weighted by molar-refractivity contribution is 0.262. The average Bonchev–Trinajstić information content (AvgIpc) is 2.21. The van der Waals surface area contributed by atoms with E-state index in [-0.39, 0.29) is 5.82 Å². The molecule has 0 fully saturated rings. The SMILES string of the molecule is CC(C)N(C)Cc1cc(C#N)ccc1F. The molecule has 80 valence electrons. The van der Waals surface area contributed by atoms with Crippen LogP contribution in [-0.2, 0) is 6.54 Å². The highest BCUT2D eigenvalue weighted by Gasteiger charge is 2.08. The van der Waals surface area contributed by atoms with Crippen LogP contribution >= 0.6 is 0 Å². The molecule has 0 spiro atoms. The van der Waals surface area contributed by atoms with E-state index in [9.17, 15) is 4.39 Å². The minimum atomic E-state index is -0.249. The molecule has 0 aromatic heterocycles. The Labute approximate surface area is 89.9 Å². The molecule has 1 aromatic rings. The van der Waals surface area contributed by atoms with Crippen molar-refractivity contribution in [1.29, 1.82) is 5.26 Å². The van der Waals surface area contributed by atoms with Crippen molar-refractivity contribution in [3.63, 3.8) is 0 Å². The van der Waals surface area contributed by atoms with Crippen LogP contribution in [-0.4, -0.2) is 18.0 Å². The molecule has 3 heteroatoms. The Kier molecular flexibility index (Phi) is 3.81. The van der Waals surface area contributed by atoms with Gasteiger partial charge in [0.2, 0.25) is 0 Å². The summed E-state index contributed by atoms with van der Waals surface area (Å²) in [5.74, 6) is -0.249. The van der Waals surface area contributed by atoms with Crippen molar-refractivity contribution in [2.75, 3.05) is 7.05 Å². The predicted octanol–water partition coefficient (Wildman–Crippen LogP) is 2.54. The maximum absolute atomic E-state index is 13.4. The minimum absolute atomic E-state index is 0.249. The Bertz CT molecular complexity index is 380. The number of nitriles is 1. The van der Waals surface area contributed by atoms with Crippen LogP contribution in [0.15, 0.2) is 18.2 Å². The Morgan fingerprint density at radius 2 is 2.13 bits per heavy atom. The topological polar surface area (TPSA) is 27.0 Å². The van der Waals surface area contributed by atoms with E-state index < -0.39 is 0 Å². The van der Waals surface area contributed by atoms with E-state index in [4.69, 9.17) is 5.26 Å². The highest BCUT2D eigenvalue weighted by Crippen LogP contribution is 2.13. The van der Waals surface area contributed by atoms with Crippen LogP contribution in [0.3, 0.4) is 0 Å². The molecule has 0 unspecified atom stereocenters. The first kappa shape index (κ1) is 11.7. The number of nitrogens with zero attached hydrogens (tertiary/aromatic N) is 2. The van der Waals surface area contributed by atoms with Crippen LogP contribution in [0.25, 0.3) is 0 Å². The van der Waals surface area contributed by atoms with E-state index in [0.29, 0.717) is 23.7 Å². The Hall–Kier alpha value is -1.40. The van der Waals surface area contributed by atoms with Gasteiger partial charge in [-0.25, -0.2) is 4.39 Å². The molecule has 0 heterocycles. The zero-order valence-electron chi connectivity index (χ0n) is 9.29. The van der Waals surface area contributed by atoms with Gasteiger partial charge in [-0.15, -0.1) is 0 Å². The molecule has 0 saturated carbocycles. The van der Waals surface area contributed by atoms with Crippen molar-refractivity contribution < 1.29 is 4.39 Å². The standard InChI is InChI=1S/C12H15FN2/c1-9(2)15(3)8-11-6-10(7-14)4-5-12(11)13/h4-6,9H,8H2,1-3H3. The third-order valence-corrected chi connectivity index (χ3v) is 2.48. The first-order valence-corrected chi connectivity index (χ1v) is 4.93. The van der Waals surface area contributed by atoms with Crippen molar-refractivity contribution in [2.24, 2.45) is 0 Å².